The zero-order valence-electron chi connectivity index (χ0n) is 15.4. The molecule has 27 heavy (non-hydrogen) atoms. The first-order valence-electron chi connectivity index (χ1n) is 9.30. The molecular formula is C22H21N3O2. The number of benzene rings is 2. The van der Waals surface area contributed by atoms with E-state index < -0.39 is 0 Å². The lowest BCUT2D eigenvalue weighted by Crippen LogP contribution is -2.33. The van der Waals surface area contributed by atoms with Gasteiger partial charge in [-0.2, -0.15) is 0 Å². The van der Waals surface area contributed by atoms with Crippen molar-refractivity contribution >= 4 is 22.8 Å². The van der Waals surface area contributed by atoms with Gasteiger partial charge in [-0.3, -0.25) is 9.36 Å². The van der Waals surface area contributed by atoms with Gasteiger partial charge in [-0.15, -0.1) is 0 Å². The fraction of sp³-hybridized carbons (Fsp3) is 0.273. The standard InChI is InChI=1S/C22H21N3O2/c1-13-11-17-20(19(26)12-13)21(14-7-9-15(27-2)10-8-14)25-18-6-4-3-5-16(18)23-22(25)24-17/h3-10,13,21H,11-12H2,1-2H3,(H,23,24). The first-order chi connectivity index (χ1) is 13.2. The maximum atomic E-state index is 13.1. The number of carbonyl (C=O) groups is 1. The molecule has 2 heterocycles. The number of rotatable bonds is 2. The largest absolute Gasteiger partial charge is 0.497 e. The van der Waals surface area contributed by atoms with Crippen LogP contribution >= 0.6 is 0 Å². The first kappa shape index (κ1) is 16.1. The Labute approximate surface area is 157 Å². The van der Waals surface area contributed by atoms with Crippen LogP contribution in [0, 0.1) is 5.92 Å². The Morgan fingerprint density at radius 1 is 1.11 bits per heavy atom. The van der Waals surface area contributed by atoms with Crippen LogP contribution in [0.2, 0.25) is 0 Å². The van der Waals surface area contributed by atoms with E-state index in [0.717, 1.165) is 46.0 Å². The van der Waals surface area contributed by atoms with Crippen molar-refractivity contribution in [2.24, 2.45) is 5.92 Å². The number of hydrogen-bond acceptors (Lipinski definition) is 4. The number of ether oxygens (including phenoxy) is 1. The van der Waals surface area contributed by atoms with Gasteiger partial charge < -0.3 is 10.1 Å². The number of aromatic nitrogens is 2. The minimum Gasteiger partial charge on any atom is -0.497 e. The molecule has 1 aliphatic heterocycles. The van der Waals surface area contributed by atoms with Crippen LogP contribution < -0.4 is 10.1 Å². The Kier molecular flexibility index (Phi) is 3.57. The number of nitrogens with one attached hydrogen (secondary N) is 1. The quantitative estimate of drug-likeness (QED) is 0.741. The maximum Gasteiger partial charge on any atom is 0.209 e. The van der Waals surface area contributed by atoms with Crippen LogP contribution in [0.4, 0.5) is 5.95 Å². The SMILES string of the molecule is COc1ccc(C2C3=C(CC(C)CC3=O)Nc3nc4ccccc4n32)cc1. The predicted octanol–water partition coefficient (Wildman–Crippen LogP) is 4.31. The van der Waals surface area contributed by atoms with Gasteiger partial charge >= 0.3 is 0 Å². The second kappa shape index (κ2) is 5.98. The highest BCUT2D eigenvalue weighted by Gasteiger charge is 2.38. The monoisotopic (exact) mass is 359 g/mol. The van der Waals surface area contributed by atoms with E-state index >= 15 is 0 Å². The summed E-state index contributed by atoms with van der Waals surface area (Å²) in [4.78, 5) is 17.8. The maximum absolute atomic E-state index is 13.1. The Hall–Kier alpha value is -3.08. The van der Waals surface area contributed by atoms with Crippen molar-refractivity contribution in [1.82, 2.24) is 9.55 Å². The number of anilines is 1. The second-order valence-electron chi connectivity index (χ2n) is 7.42. The highest BCUT2D eigenvalue weighted by molar-refractivity contribution is 6.00. The fourth-order valence-electron chi connectivity index (χ4n) is 4.32. The summed E-state index contributed by atoms with van der Waals surface area (Å²) in [6.45, 7) is 2.13. The van der Waals surface area contributed by atoms with E-state index in [0.29, 0.717) is 12.3 Å². The van der Waals surface area contributed by atoms with Crippen molar-refractivity contribution < 1.29 is 9.53 Å². The molecule has 0 fully saturated rings. The van der Waals surface area contributed by atoms with Crippen molar-refractivity contribution in [3.05, 3.63) is 65.4 Å². The summed E-state index contributed by atoms with van der Waals surface area (Å²) in [6.07, 6.45) is 1.46. The topological polar surface area (TPSA) is 56.1 Å². The van der Waals surface area contributed by atoms with Gasteiger partial charge in [0.1, 0.15) is 5.75 Å². The lowest BCUT2D eigenvalue weighted by atomic mass is 9.81. The number of Topliss-reactive ketones (excluding diaryl/α,β-unsaturated/α-hetero) is 1. The molecule has 1 N–H and O–H groups in total. The average Bonchev–Trinajstić information content (AvgIpc) is 3.04. The van der Waals surface area contributed by atoms with Crippen LogP contribution in [0.1, 0.15) is 31.4 Å². The molecule has 1 aromatic heterocycles. The molecule has 5 nitrogen and oxygen atoms in total. The molecule has 2 unspecified atom stereocenters. The van der Waals surface area contributed by atoms with Crippen molar-refractivity contribution in [3.63, 3.8) is 0 Å². The van der Waals surface area contributed by atoms with Crippen LogP contribution in [0.15, 0.2) is 59.8 Å². The molecular weight excluding hydrogens is 338 g/mol. The molecule has 2 atom stereocenters. The Morgan fingerprint density at radius 2 is 1.89 bits per heavy atom. The number of allylic oxidation sites excluding steroid dienone is 2. The van der Waals surface area contributed by atoms with Crippen LogP contribution in [0.5, 0.6) is 5.75 Å². The van der Waals surface area contributed by atoms with Crippen molar-refractivity contribution in [2.75, 3.05) is 12.4 Å². The third-order valence-electron chi connectivity index (χ3n) is 5.53. The van der Waals surface area contributed by atoms with E-state index in [1.165, 1.54) is 0 Å². The summed E-state index contributed by atoms with van der Waals surface area (Å²) in [7, 11) is 1.66. The van der Waals surface area contributed by atoms with E-state index in [1.54, 1.807) is 7.11 Å². The van der Waals surface area contributed by atoms with Crippen LogP contribution in [-0.2, 0) is 4.79 Å². The summed E-state index contributed by atoms with van der Waals surface area (Å²) in [6, 6.07) is 15.9. The fourth-order valence-corrected chi connectivity index (χ4v) is 4.32. The molecule has 5 heteroatoms. The number of fused-ring (bicyclic) bond motifs is 3. The highest BCUT2D eigenvalue weighted by atomic mass is 16.5. The minimum absolute atomic E-state index is 0.172. The smallest absolute Gasteiger partial charge is 0.209 e. The van der Waals surface area contributed by atoms with Gasteiger partial charge in [0.15, 0.2) is 5.78 Å². The number of ketones is 1. The molecule has 2 aromatic carbocycles. The summed E-state index contributed by atoms with van der Waals surface area (Å²) in [5, 5.41) is 3.46. The molecule has 0 bridgehead atoms. The van der Waals surface area contributed by atoms with Gasteiger partial charge in [-0.25, -0.2) is 4.98 Å². The van der Waals surface area contributed by atoms with E-state index in [4.69, 9.17) is 9.72 Å². The number of carbonyl (C=O) groups excluding carboxylic acids is 1. The summed E-state index contributed by atoms with van der Waals surface area (Å²) in [5.74, 6) is 2.18. The van der Waals surface area contributed by atoms with Crippen LogP contribution in [0.3, 0.4) is 0 Å². The number of methoxy groups -OCH3 is 1. The molecule has 0 saturated carbocycles. The predicted molar refractivity (Wildman–Crippen MR) is 105 cm³/mol. The summed E-state index contributed by atoms with van der Waals surface area (Å²) in [5.41, 5.74) is 4.91. The Balaban J connectivity index is 1.76. The molecule has 0 spiro atoms. The zero-order chi connectivity index (χ0) is 18.5. The van der Waals surface area contributed by atoms with E-state index in [2.05, 4.69) is 22.9 Å². The molecule has 2 aliphatic rings. The zero-order valence-corrected chi connectivity index (χ0v) is 15.4. The van der Waals surface area contributed by atoms with Crippen molar-refractivity contribution in [3.8, 4) is 5.75 Å². The average molecular weight is 359 g/mol. The number of imidazole rings is 1. The molecule has 0 amide bonds. The van der Waals surface area contributed by atoms with Gasteiger partial charge in [0, 0.05) is 17.7 Å². The molecule has 0 saturated heterocycles. The summed E-state index contributed by atoms with van der Waals surface area (Å²) >= 11 is 0. The third-order valence-corrected chi connectivity index (χ3v) is 5.53. The minimum atomic E-state index is -0.172. The number of hydrogen-bond donors (Lipinski definition) is 1. The molecule has 5 rings (SSSR count). The van der Waals surface area contributed by atoms with Gasteiger partial charge in [0.25, 0.3) is 0 Å². The van der Waals surface area contributed by atoms with Gasteiger partial charge in [-0.1, -0.05) is 31.2 Å². The Bertz CT molecular complexity index is 1080. The van der Waals surface area contributed by atoms with Crippen LogP contribution in [-0.4, -0.2) is 22.4 Å². The molecule has 3 aromatic rings. The van der Waals surface area contributed by atoms with Gasteiger partial charge in [0.05, 0.1) is 24.2 Å². The molecule has 136 valence electrons. The lowest BCUT2D eigenvalue weighted by molar-refractivity contribution is -0.117. The second-order valence-corrected chi connectivity index (χ2v) is 7.42. The first-order valence-corrected chi connectivity index (χ1v) is 9.30. The van der Waals surface area contributed by atoms with E-state index in [-0.39, 0.29) is 11.8 Å². The number of para-hydroxylation sites is 2. The third kappa shape index (κ3) is 2.46. The van der Waals surface area contributed by atoms with Crippen molar-refractivity contribution in [1.29, 1.82) is 0 Å². The highest BCUT2D eigenvalue weighted by Crippen LogP contribution is 2.43. The van der Waals surface area contributed by atoms with E-state index in [9.17, 15) is 4.79 Å². The van der Waals surface area contributed by atoms with Crippen molar-refractivity contribution in [2.45, 2.75) is 25.8 Å². The molecule has 0 radical (unpaired) electrons. The summed E-state index contributed by atoms with van der Waals surface area (Å²) < 4.78 is 7.47. The van der Waals surface area contributed by atoms with Gasteiger partial charge in [0.2, 0.25) is 5.95 Å². The number of nitrogens with zero attached hydrogens (tertiary/aromatic N) is 2. The normalized spacial score (nSPS) is 21.6. The molecule has 1 aliphatic carbocycles. The van der Waals surface area contributed by atoms with Gasteiger partial charge in [-0.05, 0) is 42.2 Å². The lowest BCUT2D eigenvalue weighted by Gasteiger charge is -2.35. The van der Waals surface area contributed by atoms with Crippen LogP contribution in [0.25, 0.3) is 11.0 Å². The Morgan fingerprint density at radius 3 is 2.67 bits per heavy atom. The van der Waals surface area contributed by atoms with E-state index in [1.807, 2.05) is 42.5 Å².